The Hall–Kier alpha value is -0.185. The van der Waals surface area contributed by atoms with Crippen LogP contribution in [-0.2, 0) is 0 Å². The zero-order valence-corrected chi connectivity index (χ0v) is 7.75. The lowest BCUT2D eigenvalue weighted by Crippen LogP contribution is -1.97. The zero-order valence-electron chi connectivity index (χ0n) is 7.75. The molecular formula is C8H25BF3N. The molecule has 1 nitrogen and oxygen atoms in total. The molecule has 5 heteroatoms. The van der Waals surface area contributed by atoms with Gasteiger partial charge in [-0.15, -0.1) is 0 Å². The summed E-state index contributed by atoms with van der Waals surface area (Å²) in [4.78, 5) is 0. The van der Waals surface area contributed by atoms with Crippen molar-refractivity contribution in [1.82, 2.24) is 0 Å². The van der Waals surface area contributed by atoms with E-state index in [1.165, 1.54) is 38.5 Å². The maximum Gasteiger partial charge on any atom is 0.0814 e. The third kappa shape index (κ3) is 33.7. The van der Waals surface area contributed by atoms with Crippen LogP contribution in [0, 0.1) is 0 Å². The fourth-order valence-electron chi connectivity index (χ4n) is 0.925. The van der Waals surface area contributed by atoms with Crippen LogP contribution in [-0.4, -0.2) is 15.0 Å². The highest BCUT2D eigenvalue weighted by molar-refractivity contribution is 5.75. The minimum Gasteiger partial charge on any atom is -0.330 e. The molecular weight excluding hydrogens is 178 g/mol. The Bertz CT molecular complexity index is 52.7. The summed E-state index contributed by atoms with van der Waals surface area (Å²) in [6.07, 6.45) is 8.05. The molecule has 0 spiro atoms. The van der Waals surface area contributed by atoms with Gasteiger partial charge in [0.15, 0.2) is 0 Å². The summed E-state index contributed by atoms with van der Waals surface area (Å²) in [5, 5.41) is 0. The minimum absolute atomic E-state index is 0. The first kappa shape index (κ1) is 29.3. The van der Waals surface area contributed by atoms with Crippen molar-refractivity contribution >= 4 is 8.41 Å². The lowest BCUT2D eigenvalue weighted by Gasteiger charge is -1.96. The van der Waals surface area contributed by atoms with Crippen LogP contribution in [0.15, 0.2) is 0 Å². The van der Waals surface area contributed by atoms with E-state index in [0.29, 0.717) is 0 Å². The Morgan fingerprint density at radius 2 is 1.15 bits per heavy atom. The summed E-state index contributed by atoms with van der Waals surface area (Å²) in [5.41, 5.74) is 5.34. The minimum atomic E-state index is 0. The van der Waals surface area contributed by atoms with Crippen molar-refractivity contribution in [3.05, 3.63) is 0 Å². The van der Waals surface area contributed by atoms with Gasteiger partial charge in [0.25, 0.3) is 0 Å². The molecule has 0 aromatic rings. The molecule has 0 aromatic carbocycles. The molecule has 0 radical (unpaired) electrons. The fourth-order valence-corrected chi connectivity index (χ4v) is 0.925. The lowest BCUT2D eigenvalue weighted by molar-refractivity contribution is 0.612. The molecule has 86 valence electrons. The molecule has 0 bridgehead atoms. The molecule has 0 atom stereocenters. The van der Waals surface area contributed by atoms with Crippen molar-refractivity contribution in [3.63, 3.8) is 0 Å². The first-order chi connectivity index (χ1) is 4.41. The normalized spacial score (nSPS) is 6.92. The number of hydrogen-bond acceptors (Lipinski definition) is 1. The average Bonchev–Trinajstić information content (AvgIpc) is 1.89. The number of halogens is 3. The van der Waals surface area contributed by atoms with Crippen LogP contribution in [0.3, 0.4) is 0 Å². The predicted octanol–water partition coefficient (Wildman–Crippen LogP) is 1.58. The van der Waals surface area contributed by atoms with Crippen molar-refractivity contribution in [2.75, 3.05) is 6.54 Å². The molecule has 0 amide bonds. The molecule has 0 fully saturated rings. The summed E-state index contributed by atoms with van der Waals surface area (Å²) in [6.45, 7) is 3.11. The lowest BCUT2D eigenvalue weighted by atomic mass is 10.1. The molecule has 0 aromatic heterocycles. The van der Waals surface area contributed by atoms with E-state index in [0.717, 1.165) is 6.54 Å². The van der Waals surface area contributed by atoms with E-state index in [2.05, 4.69) is 6.92 Å². The molecule has 0 saturated heterocycles. The van der Waals surface area contributed by atoms with Gasteiger partial charge in [-0.1, -0.05) is 39.0 Å². The standard InChI is InChI=1S/C8H19N.BH3.3FH/c1-2-3-4-5-6-7-8-9;;;;/h2-9H2,1H3;1H3;3*1H. The third-order valence-corrected chi connectivity index (χ3v) is 1.56. The van der Waals surface area contributed by atoms with E-state index in [1.54, 1.807) is 0 Å². The SMILES string of the molecule is B.CCCCCCCCN.F.F.F. The van der Waals surface area contributed by atoms with Crippen molar-refractivity contribution in [2.45, 2.75) is 45.4 Å². The van der Waals surface area contributed by atoms with Crippen LogP contribution in [0.25, 0.3) is 0 Å². The van der Waals surface area contributed by atoms with Crippen molar-refractivity contribution in [2.24, 2.45) is 5.73 Å². The van der Waals surface area contributed by atoms with Crippen LogP contribution in [0.1, 0.15) is 45.4 Å². The van der Waals surface area contributed by atoms with Gasteiger partial charge in [-0.3, -0.25) is 14.1 Å². The number of unbranched alkanes of at least 4 members (excludes halogenated alkanes) is 5. The van der Waals surface area contributed by atoms with E-state index in [9.17, 15) is 0 Å². The van der Waals surface area contributed by atoms with Gasteiger partial charge < -0.3 is 5.73 Å². The van der Waals surface area contributed by atoms with Crippen LogP contribution >= 0.6 is 0 Å². The topological polar surface area (TPSA) is 26.0 Å². The fraction of sp³-hybridized carbons (Fsp3) is 1.00. The first-order valence-electron chi connectivity index (χ1n) is 4.12. The van der Waals surface area contributed by atoms with Gasteiger partial charge in [-0.25, -0.2) is 0 Å². The van der Waals surface area contributed by atoms with Gasteiger partial charge in [0, 0.05) is 0 Å². The Kier molecular flexibility index (Phi) is 67.0. The molecule has 0 rings (SSSR count). The first-order valence-corrected chi connectivity index (χ1v) is 4.12. The molecule has 0 aliphatic carbocycles. The maximum atomic E-state index is 5.34. The van der Waals surface area contributed by atoms with Gasteiger partial charge in [0.2, 0.25) is 0 Å². The molecule has 0 heterocycles. The zero-order chi connectivity index (χ0) is 6.95. The maximum absolute atomic E-state index is 5.34. The van der Waals surface area contributed by atoms with E-state index in [1.807, 2.05) is 0 Å². The molecule has 0 aliphatic rings. The van der Waals surface area contributed by atoms with Crippen LogP contribution in [0.5, 0.6) is 0 Å². The smallest absolute Gasteiger partial charge is 0.0814 e. The number of rotatable bonds is 6. The number of nitrogens with two attached hydrogens (primary N) is 1. The van der Waals surface area contributed by atoms with E-state index in [-0.39, 0.29) is 22.5 Å². The Labute approximate surface area is 81.1 Å². The van der Waals surface area contributed by atoms with Crippen LogP contribution in [0.4, 0.5) is 14.1 Å². The van der Waals surface area contributed by atoms with E-state index in [4.69, 9.17) is 5.73 Å². The van der Waals surface area contributed by atoms with Gasteiger partial charge in [0.05, 0.1) is 8.41 Å². The monoisotopic (exact) mass is 203 g/mol. The molecule has 2 N–H and O–H groups in total. The molecule has 0 unspecified atom stereocenters. The Morgan fingerprint density at radius 1 is 0.769 bits per heavy atom. The highest BCUT2D eigenvalue weighted by atomic mass is 19.0. The van der Waals surface area contributed by atoms with Crippen molar-refractivity contribution in [1.29, 1.82) is 0 Å². The predicted molar refractivity (Wildman–Crippen MR) is 59.9 cm³/mol. The highest BCUT2D eigenvalue weighted by Gasteiger charge is 1.85. The van der Waals surface area contributed by atoms with Crippen molar-refractivity contribution < 1.29 is 14.1 Å². The summed E-state index contributed by atoms with van der Waals surface area (Å²) in [7, 11) is 0. The van der Waals surface area contributed by atoms with Gasteiger partial charge in [0.1, 0.15) is 0 Å². The van der Waals surface area contributed by atoms with E-state index >= 15 is 0 Å². The van der Waals surface area contributed by atoms with Crippen LogP contribution in [0.2, 0.25) is 0 Å². The second kappa shape index (κ2) is 29.8. The molecule has 13 heavy (non-hydrogen) atoms. The summed E-state index contributed by atoms with van der Waals surface area (Å²) in [5.74, 6) is 0. The summed E-state index contributed by atoms with van der Waals surface area (Å²) >= 11 is 0. The number of hydrogen-bond donors (Lipinski definition) is 1. The molecule has 0 saturated carbocycles. The van der Waals surface area contributed by atoms with Gasteiger partial charge >= 0.3 is 0 Å². The average molecular weight is 203 g/mol. The largest absolute Gasteiger partial charge is 0.330 e. The Balaban J connectivity index is -0.0000000533. The van der Waals surface area contributed by atoms with Crippen molar-refractivity contribution in [3.8, 4) is 0 Å². The quantitative estimate of drug-likeness (QED) is 0.514. The second-order valence-electron chi connectivity index (χ2n) is 2.56. The third-order valence-electron chi connectivity index (χ3n) is 1.56. The molecule has 0 aliphatic heterocycles. The van der Waals surface area contributed by atoms with Gasteiger partial charge in [-0.2, -0.15) is 0 Å². The van der Waals surface area contributed by atoms with E-state index < -0.39 is 0 Å². The van der Waals surface area contributed by atoms with Gasteiger partial charge in [-0.05, 0) is 13.0 Å². The summed E-state index contributed by atoms with van der Waals surface area (Å²) in [6, 6.07) is 0. The summed E-state index contributed by atoms with van der Waals surface area (Å²) < 4.78 is 0. The van der Waals surface area contributed by atoms with Crippen LogP contribution < -0.4 is 5.73 Å². The second-order valence-corrected chi connectivity index (χ2v) is 2.56. The Morgan fingerprint density at radius 3 is 1.54 bits per heavy atom. The highest BCUT2D eigenvalue weighted by Crippen LogP contribution is 2.03.